The molecule has 168 valence electrons. The molecule has 1 aliphatic heterocycles. The molecule has 0 unspecified atom stereocenters. The second-order valence-electron chi connectivity index (χ2n) is 6.60. The van der Waals surface area contributed by atoms with Crippen molar-refractivity contribution in [1.29, 1.82) is 0 Å². The zero-order valence-corrected chi connectivity index (χ0v) is 18.3. The molecule has 0 aliphatic carbocycles. The molecule has 1 fully saturated rings. The molecule has 2 aromatic rings. The van der Waals surface area contributed by atoms with Crippen molar-refractivity contribution in [2.45, 2.75) is 11.8 Å². The number of carbonyl (C=O) groups is 1. The van der Waals surface area contributed by atoms with Gasteiger partial charge in [-0.05, 0) is 37.3 Å². The zero-order valence-electron chi connectivity index (χ0n) is 17.5. The van der Waals surface area contributed by atoms with E-state index in [-0.39, 0.29) is 30.3 Å². The highest BCUT2D eigenvalue weighted by atomic mass is 32.2. The van der Waals surface area contributed by atoms with Gasteiger partial charge in [0.15, 0.2) is 18.1 Å². The first-order valence-corrected chi connectivity index (χ1v) is 11.3. The minimum absolute atomic E-state index is 0.0631. The van der Waals surface area contributed by atoms with E-state index in [1.807, 2.05) is 13.0 Å². The maximum atomic E-state index is 12.9. The lowest BCUT2D eigenvalue weighted by Gasteiger charge is -2.26. The number of amides is 1. The van der Waals surface area contributed by atoms with Crippen LogP contribution in [0.2, 0.25) is 0 Å². The highest BCUT2D eigenvalue weighted by Crippen LogP contribution is 2.30. The third kappa shape index (κ3) is 5.66. The predicted molar refractivity (Wildman–Crippen MR) is 114 cm³/mol. The summed E-state index contributed by atoms with van der Waals surface area (Å²) in [6.45, 7) is 3.29. The van der Waals surface area contributed by atoms with Crippen molar-refractivity contribution < 1.29 is 32.2 Å². The van der Waals surface area contributed by atoms with Crippen LogP contribution in [0.25, 0.3) is 0 Å². The maximum absolute atomic E-state index is 12.9. The fourth-order valence-electron chi connectivity index (χ4n) is 3.06. The van der Waals surface area contributed by atoms with Crippen molar-refractivity contribution in [2.75, 3.05) is 51.9 Å². The normalized spacial score (nSPS) is 14.6. The van der Waals surface area contributed by atoms with E-state index in [4.69, 9.17) is 18.9 Å². The van der Waals surface area contributed by atoms with Gasteiger partial charge in [0, 0.05) is 13.1 Å². The summed E-state index contributed by atoms with van der Waals surface area (Å²) in [5.74, 6) is 0.846. The van der Waals surface area contributed by atoms with Gasteiger partial charge < -0.3 is 24.3 Å². The highest BCUT2D eigenvalue weighted by molar-refractivity contribution is 7.89. The van der Waals surface area contributed by atoms with E-state index >= 15 is 0 Å². The number of hydrogen-bond acceptors (Lipinski definition) is 7. The van der Waals surface area contributed by atoms with Crippen LogP contribution in [-0.4, -0.2) is 65.3 Å². The maximum Gasteiger partial charge on any atom is 0.262 e. The van der Waals surface area contributed by atoms with Gasteiger partial charge in [0.05, 0.1) is 37.5 Å². The quantitative estimate of drug-likeness (QED) is 0.624. The Morgan fingerprint density at radius 1 is 1.06 bits per heavy atom. The molecule has 31 heavy (non-hydrogen) atoms. The van der Waals surface area contributed by atoms with Gasteiger partial charge in [-0.1, -0.05) is 12.1 Å². The van der Waals surface area contributed by atoms with Crippen LogP contribution in [0.3, 0.4) is 0 Å². The van der Waals surface area contributed by atoms with Gasteiger partial charge in [-0.3, -0.25) is 4.79 Å². The number of anilines is 1. The van der Waals surface area contributed by atoms with Gasteiger partial charge >= 0.3 is 0 Å². The molecule has 0 radical (unpaired) electrons. The predicted octanol–water partition coefficient (Wildman–Crippen LogP) is 2.13. The van der Waals surface area contributed by atoms with Crippen molar-refractivity contribution in [1.82, 2.24) is 4.31 Å². The summed E-state index contributed by atoms with van der Waals surface area (Å²) in [6.07, 6.45) is 0. The van der Waals surface area contributed by atoms with E-state index in [0.29, 0.717) is 37.1 Å². The summed E-state index contributed by atoms with van der Waals surface area (Å²) in [7, 11) is -2.27. The van der Waals surface area contributed by atoms with Crippen LogP contribution in [0.4, 0.5) is 5.69 Å². The fraction of sp³-hybridized carbons (Fsp3) is 0.381. The Morgan fingerprint density at radius 3 is 2.39 bits per heavy atom. The van der Waals surface area contributed by atoms with Crippen LogP contribution < -0.4 is 19.5 Å². The fourth-order valence-corrected chi connectivity index (χ4v) is 4.49. The Bertz CT molecular complexity index is 1000. The number of nitrogens with zero attached hydrogens (tertiary/aromatic N) is 1. The summed E-state index contributed by atoms with van der Waals surface area (Å²) < 4.78 is 48.7. The zero-order chi connectivity index (χ0) is 22.3. The third-order valence-electron chi connectivity index (χ3n) is 4.56. The Kier molecular flexibility index (Phi) is 7.72. The summed E-state index contributed by atoms with van der Waals surface area (Å²) in [4.78, 5) is 12.5. The molecule has 0 spiro atoms. The first-order chi connectivity index (χ1) is 15.0. The number of benzene rings is 2. The molecule has 1 saturated heterocycles. The lowest BCUT2D eigenvalue weighted by molar-refractivity contribution is -0.118. The molecule has 2 aromatic carbocycles. The monoisotopic (exact) mass is 450 g/mol. The topological polar surface area (TPSA) is 103 Å². The molecule has 9 nitrogen and oxygen atoms in total. The van der Waals surface area contributed by atoms with Gasteiger partial charge in [-0.25, -0.2) is 8.42 Å². The van der Waals surface area contributed by atoms with Crippen molar-refractivity contribution in [3.8, 4) is 17.2 Å². The third-order valence-corrected chi connectivity index (χ3v) is 6.46. The lowest BCUT2D eigenvalue weighted by Crippen LogP contribution is -2.40. The van der Waals surface area contributed by atoms with E-state index in [0.717, 1.165) is 0 Å². The Balaban J connectivity index is 1.73. The largest absolute Gasteiger partial charge is 0.495 e. The lowest BCUT2D eigenvalue weighted by atomic mass is 10.3. The molecule has 0 aromatic heterocycles. The van der Waals surface area contributed by atoms with Crippen LogP contribution in [0.5, 0.6) is 17.2 Å². The van der Waals surface area contributed by atoms with Crippen molar-refractivity contribution in [3.63, 3.8) is 0 Å². The van der Waals surface area contributed by atoms with Gasteiger partial charge in [0.2, 0.25) is 10.0 Å². The summed E-state index contributed by atoms with van der Waals surface area (Å²) >= 11 is 0. The summed E-state index contributed by atoms with van der Waals surface area (Å²) in [5, 5.41) is 2.66. The highest BCUT2D eigenvalue weighted by Gasteiger charge is 2.27. The van der Waals surface area contributed by atoms with Gasteiger partial charge in [0.25, 0.3) is 5.91 Å². The van der Waals surface area contributed by atoms with Crippen LogP contribution in [0.1, 0.15) is 6.92 Å². The van der Waals surface area contributed by atoms with Gasteiger partial charge in [-0.2, -0.15) is 4.31 Å². The number of sulfonamides is 1. The van der Waals surface area contributed by atoms with Crippen LogP contribution in [0.15, 0.2) is 47.4 Å². The molecule has 1 heterocycles. The Labute approximate surface area is 181 Å². The number of hydrogen-bond donors (Lipinski definition) is 1. The van der Waals surface area contributed by atoms with Crippen LogP contribution >= 0.6 is 0 Å². The number of ether oxygens (including phenoxy) is 4. The summed E-state index contributed by atoms with van der Waals surface area (Å²) in [6, 6.07) is 11.4. The summed E-state index contributed by atoms with van der Waals surface area (Å²) in [5.41, 5.74) is 0.239. The molecule has 0 saturated carbocycles. The average molecular weight is 451 g/mol. The standard InChI is InChI=1S/C21H26N2O7S/c1-3-29-19-6-4-5-7-20(19)30-15-21(24)22-17-14-16(8-9-18(17)27-2)31(25,26)23-10-12-28-13-11-23/h4-9,14H,3,10-13,15H2,1-2H3,(H,22,24). The molecular formula is C21H26N2O7S. The number of nitrogens with one attached hydrogen (secondary N) is 1. The number of morpholine rings is 1. The van der Waals surface area contributed by atoms with Crippen LogP contribution in [-0.2, 0) is 19.6 Å². The molecular weight excluding hydrogens is 424 g/mol. The Hall–Kier alpha value is -2.82. The SMILES string of the molecule is CCOc1ccccc1OCC(=O)Nc1cc(S(=O)(=O)N2CCOCC2)ccc1OC. The number of rotatable bonds is 9. The molecule has 1 N–H and O–H groups in total. The van der Waals surface area contributed by atoms with E-state index in [1.54, 1.807) is 18.2 Å². The second kappa shape index (κ2) is 10.5. The first kappa shape index (κ1) is 22.9. The molecule has 1 aliphatic rings. The molecule has 3 rings (SSSR count). The number of para-hydroxylation sites is 2. The minimum Gasteiger partial charge on any atom is -0.495 e. The van der Waals surface area contributed by atoms with Crippen molar-refractivity contribution in [3.05, 3.63) is 42.5 Å². The molecule has 0 bridgehead atoms. The van der Waals surface area contributed by atoms with E-state index in [2.05, 4.69) is 5.32 Å². The smallest absolute Gasteiger partial charge is 0.262 e. The van der Waals surface area contributed by atoms with Crippen LogP contribution in [0, 0.1) is 0 Å². The molecule has 1 amide bonds. The van der Waals surface area contributed by atoms with E-state index in [9.17, 15) is 13.2 Å². The molecule has 0 atom stereocenters. The van der Waals surface area contributed by atoms with E-state index < -0.39 is 15.9 Å². The Morgan fingerprint density at radius 2 is 1.74 bits per heavy atom. The number of methoxy groups -OCH3 is 1. The first-order valence-electron chi connectivity index (χ1n) is 9.86. The number of carbonyl (C=O) groups excluding carboxylic acids is 1. The van der Waals surface area contributed by atoms with Crippen molar-refractivity contribution in [2.24, 2.45) is 0 Å². The second-order valence-corrected chi connectivity index (χ2v) is 8.53. The van der Waals surface area contributed by atoms with Gasteiger partial charge in [0.1, 0.15) is 5.75 Å². The average Bonchev–Trinajstić information content (AvgIpc) is 2.79. The van der Waals surface area contributed by atoms with Gasteiger partial charge in [-0.15, -0.1) is 0 Å². The minimum atomic E-state index is -3.71. The van der Waals surface area contributed by atoms with E-state index in [1.165, 1.54) is 29.6 Å². The molecule has 10 heteroatoms. The van der Waals surface area contributed by atoms with Crippen molar-refractivity contribution >= 4 is 21.6 Å².